The fourth-order valence-corrected chi connectivity index (χ4v) is 1.97. The fourth-order valence-electron chi connectivity index (χ4n) is 1.70. The highest BCUT2D eigenvalue weighted by molar-refractivity contribution is 9.10. The number of para-hydroxylation sites is 1. The number of phenolic OH excluding ortho intramolecular Hbond substituents is 1. The molecular formula is C16H14BrNO4. The molecule has 1 atom stereocenters. The average Bonchev–Trinajstić information content (AvgIpc) is 2.49. The van der Waals surface area contributed by atoms with Gasteiger partial charge in [0.15, 0.2) is 6.10 Å². The van der Waals surface area contributed by atoms with E-state index in [1.54, 1.807) is 36.4 Å². The Labute approximate surface area is 136 Å². The van der Waals surface area contributed by atoms with Crippen LogP contribution in [0.3, 0.4) is 0 Å². The Balaban J connectivity index is 1.98. The van der Waals surface area contributed by atoms with Gasteiger partial charge in [-0.25, -0.2) is 4.79 Å². The lowest BCUT2D eigenvalue weighted by Crippen LogP contribution is -2.30. The van der Waals surface area contributed by atoms with Crippen LogP contribution in [0.25, 0.3) is 0 Å². The minimum Gasteiger partial charge on any atom is -0.507 e. The number of carbonyl (C=O) groups is 2. The van der Waals surface area contributed by atoms with Crippen molar-refractivity contribution >= 4 is 33.5 Å². The average molecular weight is 364 g/mol. The second-order valence-electron chi connectivity index (χ2n) is 4.56. The van der Waals surface area contributed by atoms with Crippen molar-refractivity contribution in [2.75, 3.05) is 5.32 Å². The van der Waals surface area contributed by atoms with Crippen LogP contribution in [0.15, 0.2) is 53.0 Å². The van der Waals surface area contributed by atoms with E-state index in [4.69, 9.17) is 4.74 Å². The van der Waals surface area contributed by atoms with E-state index in [2.05, 4.69) is 21.2 Å². The van der Waals surface area contributed by atoms with Crippen molar-refractivity contribution in [3.05, 3.63) is 58.6 Å². The molecule has 0 bridgehead atoms. The minimum absolute atomic E-state index is 0.0193. The Kier molecular flexibility index (Phi) is 5.16. The van der Waals surface area contributed by atoms with Gasteiger partial charge in [0, 0.05) is 10.2 Å². The summed E-state index contributed by atoms with van der Waals surface area (Å²) in [5, 5.41) is 12.2. The summed E-state index contributed by atoms with van der Waals surface area (Å²) in [6.45, 7) is 1.46. The smallest absolute Gasteiger partial charge is 0.342 e. The maximum atomic E-state index is 12.0. The molecule has 114 valence electrons. The lowest BCUT2D eigenvalue weighted by Gasteiger charge is -2.14. The molecule has 5 nitrogen and oxygen atoms in total. The van der Waals surface area contributed by atoms with Crippen LogP contribution in [-0.4, -0.2) is 23.1 Å². The van der Waals surface area contributed by atoms with Crippen molar-refractivity contribution in [3.8, 4) is 5.75 Å². The van der Waals surface area contributed by atoms with Gasteiger partial charge in [-0.05, 0) is 43.3 Å². The normalized spacial score (nSPS) is 11.5. The van der Waals surface area contributed by atoms with Gasteiger partial charge in [-0.1, -0.05) is 28.1 Å². The lowest BCUT2D eigenvalue weighted by molar-refractivity contribution is -0.123. The first-order valence-electron chi connectivity index (χ1n) is 6.53. The zero-order valence-electron chi connectivity index (χ0n) is 11.7. The number of rotatable bonds is 4. The molecule has 0 aliphatic carbocycles. The summed E-state index contributed by atoms with van der Waals surface area (Å²) in [4.78, 5) is 23.9. The molecule has 0 aliphatic rings. The number of hydrogen-bond acceptors (Lipinski definition) is 4. The number of halogens is 1. The van der Waals surface area contributed by atoms with Crippen LogP contribution in [0.2, 0.25) is 0 Å². The van der Waals surface area contributed by atoms with Crippen molar-refractivity contribution in [3.63, 3.8) is 0 Å². The molecular weight excluding hydrogens is 350 g/mol. The van der Waals surface area contributed by atoms with Crippen LogP contribution in [0.5, 0.6) is 5.75 Å². The number of esters is 1. The summed E-state index contributed by atoms with van der Waals surface area (Å²) in [6.07, 6.45) is -0.990. The summed E-state index contributed by atoms with van der Waals surface area (Å²) in [5.41, 5.74) is 0.615. The standard InChI is InChI=1S/C16H14BrNO4/c1-10(15(20)18-12-8-6-11(17)7-9-12)22-16(21)13-4-2-3-5-14(13)19/h2-10,19H,1H3,(H,18,20)/t10-/m0/s1. The molecule has 0 unspecified atom stereocenters. The molecule has 0 saturated carbocycles. The van der Waals surface area contributed by atoms with E-state index < -0.39 is 18.0 Å². The lowest BCUT2D eigenvalue weighted by atomic mass is 10.2. The first-order valence-corrected chi connectivity index (χ1v) is 7.32. The van der Waals surface area contributed by atoms with Gasteiger partial charge in [0.2, 0.25) is 0 Å². The second kappa shape index (κ2) is 7.09. The van der Waals surface area contributed by atoms with Gasteiger partial charge in [-0.15, -0.1) is 0 Å². The number of benzene rings is 2. The Hall–Kier alpha value is -2.34. The molecule has 2 aromatic carbocycles. The van der Waals surface area contributed by atoms with E-state index in [1.807, 2.05) is 0 Å². The summed E-state index contributed by atoms with van der Waals surface area (Å²) in [7, 11) is 0. The van der Waals surface area contributed by atoms with E-state index in [-0.39, 0.29) is 11.3 Å². The molecule has 0 aromatic heterocycles. The molecule has 0 spiro atoms. The number of anilines is 1. The minimum atomic E-state index is -0.990. The third-order valence-corrected chi connectivity index (χ3v) is 3.42. The van der Waals surface area contributed by atoms with E-state index in [0.717, 1.165) is 4.47 Å². The van der Waals surface area contributed by atoms with E-state index in [0.29, 0.717) is 5.69 Å². The highest BCUT2D eigenvalue weighted by Crippen LogP contribution is 2.18. The molecule has 0 saturated heterocycles. The molecule has 0 fully saturated rings. The molecule has 0 radical (unpaired) electrons. The molecule has 0 aliphatic heterocycles. The highest BCUT2D eigenvalue weighted by Gasteiger charge is 2.20. The van der Waals surface area contributed by atoms with Crippen LogP contribution in [0.4, 0.5) is 5.69 Å². The summed E-state index contributed by atoms with van der Waals surface area (Å²) in [6, 6.07) is 13.0. The highest BCUT2D eigenvalue weighted by atomic mass is 79.9. The Bertz CT molecular complexity index is 685. The van der Waals surface area contributed by atoms with Crippen LogP contribution in [0, 0.1) is 0 Å². The van der Waals surface area contributed by atoms with Crippen LogP contribution in [-0.2, 0) is 9.53 Å². The van der Waals surface area contributed by atoms with Gasteiger partial charge in [0.25, 0.3) is 5.91 Å². The molecule has 6 heteroatoms. The summed E-state index contributed by atoms with van der Waals surface area (Å²) >= 11 is 3.30. The van der Waals surface area contributed by atoms with Gasteiger partial charge in [0.1, 0.15) is 11.3 Å². The first-order chi connectivity index (χ1) is 10.5. The zero-order valence-corrected chi connectivity index (χ0v) is 13.3. The number of phenols is 1. The number of aromatic hydroxyl groups is 1. The Morgan fingerprint density at radius 1 is 1.14 bits per heavy atom. The third-order valence-electron chi connectivity index (χ3n) is 2.89. The van der Waals surface area contributed by atoms with Gasteiger partial charge in [-0.2, -0.15) is 0 Å². The predicted octanol–water partition coefficient (Wildman–Crippen LogP) is 3.34. The fraction of sp³-hybridized carbons (Fsp3) is 0.125. The molecule has 1 amide bonds. The molecule has 22 heavy (non-hydrogen) atoms. The first kappa shape index (κ1) is 16.0. The van der Waals surface area contributed by atoms with E-state index in [9.17, 15) is 14.7 Å². The van der Waals surface area contributed by atoms with Gasteiger partial charge >= 0.3 is 5.97 Å². The summed E-state index contributed by atoms with van der Waals surface area (Å²) < 4.78 is 5.95. The Morgan fingerprint density at radius 2 is 1.77 bits per heavy atom. The monoisotopic (exact) mass is 363 g/mol. The van der Waals surface area contributed by atoms with Crippen molar-refractivity contribution in [1.82, 2.24) is 0 Å². The van der Waals surface area contributed by atoms with Crippen molar-refractivity contribution in [1.29, 1.82) is 0 Å². The quantitative estimate of drug-likeness (QED) is 0.816. The Morgan fingerprint density at radius 3 is 2.41 bits per heavy atom. The largest absolute Gasteiger partial charge is 0.507 e. The zero-order chi connectivity index (χ0) is 16.1. The topological polar surface area (TPSA) is 75.6 Å². The maximum absolute atomic E-state index is 12.0. The number of carbonyl (C=O) groups excluding carboxylic acids is 2. The van der Waals surface area contributed by atoms with E-state index in [1.165, 1.54) is 19.1 Å². The number of nitrogens with one attached hydrogen (secondary N) is 1. The van der Waals surface area contributed by atoms with Gasteiger partial charge in [-0.3, -0.25) is 4.79 Å². The maximum Gasteiger partial charge on any atom is 0.342 e. The molecule has 2 N–H and O–H groups in total. The van der Waals surface area contributed by atoms with Crippen LogP contribution in [0.1, 0.15) is 17.3 Å². The van der Waals surface area contributed by atoms with Crippen molar-refractivity contribution in [2.24, 2.45) is 0 Å². The predicted molar refractivity (Wildman–Crippen MR) is 85.8 cm³/mol. The number of ether oxygens (including phenoxy) is 1. The van der Waals surface area contributed by atoms with Crippen LogP contribution >= 0.6 is 15.9 Å². The molecule has 2 aromatic rings. The van der Waals surface area contributed by atoms with Gasteiger partial charge < -0.3 is 15.2 Å². The number of amides is 1. The molecule has 0 heterocycles. The van der Waals surface area contributed by atoms with Crippen LogP contribution < -0.4 is 5.32 Å². The number of hydrogen-bond donors (Lipinski definition) is 2. The third kappa shape index (κ3) is 4.08. The van der Waals surface area contributed by atoms with Gasteiger partial charge in [0.05, 0.1) is 0 Å². The van der Waals surface area contributed by atoms with E-state index >= 15 is 0 Å². The SMILES string of the molecule is C[C@H](OC(=O)c1ccccc1O)C(=O)Nc1ccc(Br)cc1. The second-order valence-corrected chi connectivity index (χ2v) is 5.48. The molecule has 2 rings (SSSR count). The van der Waals surface area contributed by atoms with Crippen molar-refractivity contribution < 1.29 is 19.4 Å². The van der Waals surface area contributed by atoms with Crippen molar-refractivity contribution in [2.45, 2.75) is 13.0 Å². The summed E-state index contributed by atoms with van der Waals surface area (Å²) in [5.74, 6) is -1.39.